The summed E-state index contributed by atoms with van der Waals surface area (Å²) in [6, 6.07) is 0. The van der Waals surface area contributed by atoms with Gasteiger partial charge in [0.25, 0.3) is 0 Å². The molecule has 0 aromatic carbocycles. The van der Waals surface area contributed by atoms with E-state index < -0.39 is 0 Å². The molecule has 1 fully saturated rings. The minimum absolute atomic E-state index is 0.205. The Bertz CT molecular complexity index is 641. The summed E-state index contributed by atoms with van der Waals surface area (Å²) in [6.07, 6.45) is 51.0. The van der Waals surface area contributed by atoms with Gasteiger partial charge in [0.2, 0.25) is 0 Å². The standard InChI is InChI=1S/C40H73NO2/c1-3-5-7-9-11-13-15-17-19-21-23-25-27-29-31-33-37-42-39(40(41)35-36-40)43-38-34-32-30-28-26-24-22-20-18-16-14-12-10-8-6-4-2/h11-14,17-20,39H,3-10,15-16,21-38,41H2,1-2H3. The minimum Gasteiger partial charge on any atom is -0.351 e. The highest BCUT2D eigenvalue weighted by Gasteiger charge is 2.47. The van der Waals surface area contributed by atoms with Gasteiger partial charge in [0, 0.05) is 13.2 Å². The molecule has 0 spiro atoms. The predicted octanol–water partition coefficient (Wildman–Crippen LogP) is 12.5. The fourth-order valence-electron chi connectivity index (χ4n) is 5.32. The normalized spacial score (nSPS) is 15.6. The third kappa shape index (κ3) is 26.9. The van der Waals surface area contributed by atoms with Crippen molar-refractivity contribution in [2.75, 3.05) is 13.2 Å². The Morgan fingerprint density at radius 2 is 0.791 bits per heavy atom. The monoisotopic (exact) mass is 600 g/mol. The molecule has 0 amide bonds. The van der Waals surface area contributed by atoms with Crippen LogP contribution in [-0.4, -0.2) is 25.0 Å². The zero-order valence-corrected chi connectivity index (χ0v) is 28.9. The summed E-state index contributed by atoms with van der Waals surface area (Å²) >= 11 is 0. The van der Waals surface area contributed by atoms with Gasteiger partial charge < -0.3 is 15.2 Å². The maximum absolute atomic E-state index is 6.47. The molecule has 3 nitrogen and oxygen atoms in total. The van der Waals surface area contributed by atoms with Crippen molar-refractivity contribution in [2.45, 2.75) is 193 Å². The lowest BCUT2D eigenvalue weighted by Crippen LogP contribution is -2.41. The van der Waals surface area contributed by atoms with E-state index in [2.05, 4.69) is 62.5 Å². The summed E-state index contributed by atoms with van der Waals surface area (Å²) in [5, 5.41) is 0. The molecular formula is C40H73NO2. The first-order valence-corrected chi connectivity index (χ1v) is 18.8. The first kappa shape index (κ1) is 39.9. The summed E-state index contributed by atoms with van der Waals surface area (Å²) in [6.45, 7) is 6.08. The fraction of sp³-hybridized carbons (Fsp3) is 0.800. The first-order valence-electron chi connectivity index (χ1n) is 18.8. The Morgan fingerprint density at radius 1 is 0.465 bits per heavy atom. The van der Waals surface area contributed by atoms with E-state index in [1.165, 1.54) is 128 Å². The van der Waals surface area contributed by atoms with Crippen LogP contribution in [0, 0.1) is 0 Å². The van der Waals surface area contributed by atoms with Gasteiger partial charge >= 0.3 is 0 Å². The molecule has 1 aliphatic carbocycles. The number of hydrogen-bond donors (Lipinski definition) is 1. The van der Waals surface area contributed by atoms with Gasteiger partial charge in [-0.3, -0.25) is 0 Å². The lowest BCUT2D eigenvalue weighted by Gasteiger charge is -2.24. The second kappa shape index (κ2) is 30.8. The van der Waals surface area contributed by atoms with Crippen LogP contribution in [0.4, 0.5) is 0 Å². The number of unbranched alkanes of at least 4 members (excludes halogenated alkanes) is 18. The summed E-state index contributed by atoms with van der Waals surface area (Å²) in [5.41, 5.74) is 6.24. The first-order chi connectivity index (χ1) is 21.2. The molecule has 0 aliphatic heterocycles. The highest BCUT2D eigenvalue weighted by Crippen LogP contribution is 2.38. The van der Waals surface area contributed by atoms with E-state index in [0.717, 1.165) is 51.7 Å². The number of allylic oxidation sites excluding steroid dienone is 8. The van der Waals surface area contributed by atoms with E-state index in [9.17, 15) is 0 Å². The number of ether oxygens (including phenoxy) is 2. The molecule has 0 saturated heterocycles. The maximum Gasteiger partial charge on any atom is 0.175 e. The van der Waals surface area contributed by atoms with Crippen LogP contribution >= 0.6 is 0 Å². The predicted molar refractivity (Wildman–Crippen MR) is 191 cm³/mol. The molecule has 0 bridgehead atoms. The molecular weight excluding hydrogens is 526 g/mol. The summed E-state index contributed by atoms with van der Waals surface area (Å²) in [5.74, 6) is 0. The SMILES string of the molecule is CCCCCC=CCC=CCCCCCCCCOC(OCCCCCCCCC=CCC=CCCCCC)C1(N)CC1. The summed E-state index contributed by atoms with van der Waals surface area (Å²) in [4.78, 5) is 0. The lowest BCUT2D eigenvalue weighted by molar-refractivity contribution is -0.161. The van der Waals surface area contributed by atoms with E-state index in [4.69, 9.17) is 15.2 Å². The van der Waals surface area contributed by atoms with Crippen molar-refractivity contribution in [3.63, 3.8) is 0 Å². The Morgan fingerprint density at radius 3 is 1.14 bits per heavy atom. The van der Waals surface area contributed by atoms with Crippen LogP contribution in [0.25, 0.3) is 0 Å². The molecule has 0 aromatic rings. The van der Waals surface area contributed by atoms with Gasteiger partial charge in [0.15, 0.2) is 6.29 Å². The Labute approximate surface area is 269 Å². The van der Waals surface area contributed by atoms with Crippen LogP contribution in [0.2, 0.25) is 0 Å². The largest absolute Gasteiger partial charge is 0.351 e. The topological polar surface area (TPSA) is 44.5 Å². The highest BCUT2D eigenvalue weighted by molar-refractivity contribution is 5.02. The van der Waals surface area contributed by atoms with Gasteiger partial charge in [-0.25, -0.2) is 0 Å². The minimum atomic E-state index is -0.225. The Balaban J connectivity index is 1.90. The molecule has 250 valence electrons. The second-order valence-corrected chi connectivity index (χ2v) is 13.0. The van der Waals surface area contributed by atoms with Crippen molar-refractivity contribution in [1.82, 2.24) is 0 Å². The molecule has 2 N–H and O–H groups in total. The third-order valence-electron chi connectivity index (χ3n) is 8.53. The smallest absolute Gasteiger partial charge is 0.175 e. The van der Waals surface area contributed by atoms with E-state index in [1.54, 1.807) is 0 Å². The Kier molecular flexibility index (Phi) is 28.6. The lowest BCUT2D eigenvalue weighted by atomic mass is 10.1. The van der Waals surface area contributed by atoms with Crippen molar-refractivity contribution in [1.29, 1.82) is 0 Å². The molecule has 1 aliphatic rings. The molecule has 0 heterocycles. The molecule has 0 atom stereocenters. The number of nitrogens with two attached hydrogens (primary N) is 1. The van der Waals surface area contributed by atoms with Crippen LogP contribution in [0.3, 0.4) is 0 Å². The second-order valence-electron chi connectivity index (χ2n) is 13.0. The molecule has 1 rings (SSSR count). The molecule has 0 aromatic heterocycles. The average Bonchev–Trinajstić information content (AvgIpc) is 3.77. The fourth-order valence-corrected chi connectivity index (χ4v) is 5.32. The van der Waals surface area contributed by atoms with Crippen LogP contribution in [0.15, 0.2) is 48.6 Å². The quantitative estimate of drug-likeness (QED) is 0.0463. The maximum atomic E-state index is 6.47. The van der Waals surface area contributed by atoms with E-state index in [0.29, 0.717) is 0 Å². The van der Waals surface area contributed by atoms with Gasteiger partial charge in [-0.05, 0) is 89.9 Å². The van der Waals surface area contributed by atoms with Crippen LogP contribution in [0.1, 0.15) is 181 Å². The van der Waals surface area contributed by atoms with Gasteiger partial charge in [0.05, 0.1) is 5.54 Å². The molecule has 43 heavy (non-hydrogen) atoms. The average molecular weight is 600 g/mol. The third-order valence-corrected chi connectivity index (χ3v) is 8.53. The number of rotatable bonds is 33. The zero-order valence-electron chi connectivity index (χ0n) is 28.9. The molecule has 1 saturated carbocycles. The van der Waals surface area contributed by atoms with Crippen molar-refractivity contribution in [3.05, 3.63) is 48.6 Å². The van der Waals surface area contributed by atoms with E-state index >= 15 is 0 Å². The molecule has 0 radical (unpaired) electrons. The zero-order chi connectivity index (χ0) is 30.9. The van der Waals surface area contributed by atoms with Crippen LogP contribution in [0.5, 0.6) is 0 Å². The van der Waals surface area contributed by atoms with E-state index in [1.807, 2.05) is 0 Å². The van der Waals surface area contributed by atoms with Gasteiger partial charge in [-0.15, -0.1) is 0 Å². The van der Waals surface area contributed by atoms with E-state index in [-0.39, 0.29) is 11.8 Å². The Hall–Kier alpha value is -1.16. The van der Waals surface area contributed by atoms with Crippen LogP contribution in [-0.2, 0) is 9.47 Å². The van der Waals surface area contributed by atoms with Gasteiger partial charge in [-0.2, -0.15) is 0 Å². The van der Waals surface area contributed by atoms with Crippen molar-refractivity contribution in [2.24, 2.45) is 5.73 Å². The van der Waals surface area contributed by atoms with Crippen molar-refractivity contribution < 1.29 is 9.47 Å². The summed E-state index contributed by atoms with van der Waals surface area (Å²) < 4.78 is 12.3. The van der Waals surface area contributed by atoms with Gasteiger partial charge in [-0.1, -0.05) is 140 Å². The number of hydrogen-bond acceptors (Lipinski definition) is 3. The highest BCUT2D eigenvalue weighted by atomic mass is 16.7. The van der Waals surface area contributed by atoms with Crippen molar-refractivity contribution in [3.8, 4) is 0 Å². The van der Waals surface area contributed by atoms with Crippen molar-refractivity contribution >= 4 is 0 Å². The van der Waals surface area contributed by atoms with Gasteiger partial charge in [0.1, 0.15) is 0 Å². The molecule has 0 unspecified atom stereocenters. The van der Waals surface area contributed by atoms with Crippen LogP contribution < -0.4 is 5.73 Å². The summed E-state index contributed by atoms with van der Waals surface area (Å²) in [7, 11) is 0. The molecule has 3 heteroatoms.